The van der Waals surface area contributed by atoms with Crippen molar-refractivity contribution < 1.29 is 28.2 Å². The number of carbonyl (C=O) groups is 2. The fraction of sp³-hybridized carbons (Fsp3) is 0.250. The molecule has 0 unspecified atom stereocenters. The number of para-hydroxylation sites is 1. The maximum atomic E-state index is 12.5. The number of furan rings is 1. The van der Waals surface area contributed by atoms with Crippen molar-refractivity contribution in [1.82, 2.24) is 4.98 Å². The normalized spacial score (nSPS) is 10.5. The van der Waals surface area contributed by atoms with Crippen LogP contribution in [0, 0.1) is 13.8 Å². The number of aryl methyl sites for hydroxylation is 2. The van der Waals surface area contributed by atoms with Crippen LogP contribution in [0.4, 0.5) is 0 Å². The maximum Gasteiger partial charge on any atom is 0.342 e. The number of hydrogen-bond donors (Lipinski definition) is 0. The average molecular weight is 401 g/mol. The lowest BCUT2D eigenvalue weighted by Gasteiger charge is -2.10. The van der Waals surface area contributed by atoms with E-state index in [0.717, 1.165) is 10.7 Å². The summed E-state index contributed by atoms with van der Waals surface area (Å²) in [4.78, 5) is 28.5. The van der Waals surface area contributed by atoms with Gasteiger partial charge in [0.15, 0.2) is 0 Å². The quantitative estimate of drug-likeness (QED) is 0.551. The van der Waals surface area contributed by atoms with E-state index in [-0.39, 0.29) is 13.2 Å². The summed E-state index contributed by atoms with van der Waals surface area (Å²) in [5, 5.41) is 2.86. The Balaban J connectivity index is 1.65. The fourth-order valence-corrected chi connectivity index (χ4v) is 3.13. The lowest BCUT2D eigenvalue weighted by molar-refractivity contribution is 0.0438. The van der Waals surface area contributed by atoms with E-state index in [0.29, 0.717) is 28.4 Å². The average Bonchev–Trinajstić information content (AvgIpc) is 3.29. The van der Waals surface area contributed by atoms with Crippen LogP contribution in [0.5, 0.6) is 5.75 Å². The Morgan fingerprint density at radius 1 is 1.11 bits per heavy atom. The van der Waals surface area contributed by atoms with Gasteiger partial charge in [0.2, 0.25) is 0 Å². The molecule has 2 aromatic heterocycles. The molecule has 0 N–H and O–H groups in total. The van der Waals surface area contributed by atoms with Gasteiger partial charge in [0.1, 0.15) is 41.6 Å². The van der Waals surface area contributed by atoms with E-state index >= 15 is 0 Å². The number of benzene rings is 1. The summed E-state index contributed by atoms with van der Waals surface area (Å²) in [6.07, 6.45) is 0. The monoisotopic (exact) mass is 401 g/mol. The summed E-state index contributed by atoms with van der Waals surface area (Å²) < 4.78 is 21.2. The lowest BCUT2D eigenvalue weighted by Crippen LogP contribution is -2.08. The molecule has 0 amide bonds. The van der Waals surface area contributed by atoms with Crippen LogP contribution in [-0.2, 0) is 22.7 Å². The second-order valence-corrected chi connectivity index (χ2v) is 6.96. The van der Waals surface area contributed by atoms with Gasteiger partial charge in [-0.3, -0.25) is 0 Å². The molecular formula is C20H19NO6S. The first-order valence-electron chi connectivity index (χ1n) is 8.45. The highest BCUT2D eigenvalue weighted by atomic mass is 32.1. The van der Waals surface area contributed by atoms with Crippen molar-refractivity contribution in [2.24, 2.45) is 0 Å². The van der Waals surface area contributed by atoms with E-state index in [2.05, 4.69) is 9.72 Å². The number of methoxy groups -OCH3 is 1. The van der Waals surface area contributed by atoms with Gasteiger partial charge < -0.3 is 18.6 Å². The third-order valence-corrected chi connectivity index (χ3v) is 4.69. The smallest absolute Gasteiger partial charge is 0.342 e. The van der Waals surface area contributed by atoms with Gasteiger partial charge in [0.25, 0.3) is 0 Å². The van der Waals surface area contributed by atoms with Crippen molar-refractivity contribution in [3.8, 4) is 5.75 Å². The zero-order chi connectivity index (χ0) is 20.1. The number of aromatic nitrogens is 1. The molecule has 0 aliphatic carbocycles. The summed E-state index contributed by atoms with van der Waals surface area (Å²) in [6, 6.07) is 8.32. The van der Waals surface area contributed by atoms with E-state index in [4.69, 9.17) is 13.9 Å². The Morgan fingerprint density at radius 3 is 2.61 bits per heavy atom. The third-order valence-electron chi connectivity index (χ3n) is 3.87. The Bertz CT molecular complexity index is 990. The predicted molar refractivity (Wildman–Crippen MR) is 102 cm³/mol. The van der Waals surface area contributed by atoms with Crippen molar-refractivity contribution in [3.63, 3.8) is 0 Å². The summed E-state index contributed by atoms with van der Waals surface area (Å²) in [7, 11) is 1.29. The largest absolute Gasteiger partial charge is 0.486 e. The van der Waals surface area contributed by atoms with E-state index in [9.17, 15) is 9.59 Å². The zero-order valence-corrected chi connectivity index (χ0v) is 16.5. The van der Waals surface area contributed by atoms with Gasteiger partial charge >= 0.3 is 11.9 Å². The van der Waals surface area contributed by atoms with Crippen molar-refractivity contribution in [1.29, 1.82) is 0 Å². The standard InChI is InChI=1S/C20H19NO6S/c1-12-17(19(22)24-3)8-15(27-12)10-26-20(23)16-6-4-5-7-18(16)25-9-14-11-28-13(2)21-14/h4-8,11H,9-10H2,1-3H3. The molecule has 0 atom stereocenters. The van der Waals surface area contributed by atoms with Crippen LogP contribution in [0.2, 0.25) is 0 Å². The van der Waals surface area contributed by atoms with Crippen LogP contribution in [-0.4, -0.2) is 24.0 Å². The van der Waals surface area contributed by atoms with Crippen molar-refractivity contribution >= 4 is 23.3 Å². The van der Waals surface area contributed by atoms with Crippen LogP contribution in [0.3, 0.4) is 0 Å². The molecule has 146 valence electrons. The van der Waals surface area contributed by atoms with Gasteiger partial charge in [-0.15, -0.1) is 11.3 Å². The number of nitrogens with zero attached hydrogens (tertiary/aromatic N) is 1. The molecule has 0 aliphatic rings. The molecule has 2 heterocycles. The molecule has 3 rings (SSSR count). The minimum Gasteiger partial charge on any atom is -0.486 e. The number of thiazole rings is 1. The highest BCUT2D eigenvalue weighted by molar-refractivity contribution is 7.09. The van der Waals surface area contributed by atoms with E-state index < -0.39 is 11.9 Å². The highest BCUT2D eigenvalue weighted by Gasteiger charge is 2.18. The van der Waals surface area contributed by atoms with Crippen molar-refractivity contribution in [2.45, 2.75) is 27.1 Å². The second-order valence-electron chi connectivity index (χ2n) is 5.89. The van der Waals surface area contributed by atoms with Crippen LogP contribution >= 0.6 is 11.3 Å². The topological polar surface area (TPSA) is 87.9 Å². The van der Waals surface area contributed by atoms with Crippen molar-refractivity contribution in [3.05, 3.63) is 69.1 Å². The van der Waals surface area contributed by atoms with E-state index in [1.807, 2.05) is 12.3 Å². The molecule has 0 aliphatic heterocycles. The molecule has 8 heteroatoms. The van der Waals surface area contributed by atoms with Gasteiger partial charge in [-0.05, 0) is 32.0 Å². The number of ether oxygens (including phenoxy) is 3. The summed E-state index contributed by atoms with van der Waals surface area (Å²) in [6.45, 7) is 3.70. The van der Waals surface area contributed by atoms with Gasteiger partial charge in [0, 0.05) is 5.38 Å². The minimum absolute atomic E-state index is 0.115. The minimum atomic E-state index is -0.557. The molecule has 0 fully saturated rings. The SMILES string of the molecule is COC(=O)c1cc(COC(=O)c2ccccc2OCc2csc(C)n2)oc1C. The molecule has 7 nitrogen and oxygen atoms in total. The Kier molecular flexibility index (Phi) is 6.10. The van der Waals surface area contributed by atoms with E-state index in [1.54, 1.807) is 31.2 Å². The molecule has 0 saturated carbocycles. The van der Waals surface area contributed by atoms with Gasteiger partial charge in [-0.1, -0.05) is 12.1 Å². The fourth-order valence-electron chi connectivity index (χ4n) is 2.53. The first-order valence-corrected chi connectivity index (χ1v) is 9.33. The molecule has 0 bridgehead atoms. The third kappa shape index (κ3) is 4.58. The number of hydrogen-bond acceptors (Lipinski definition) is 8. The lowest BCUT2D eigenvalue weighted by atomic mass is 10.2. The molecule has 1 aromatic carbocycles. The second kappa shape index (κ2) is 8.71. The molecule has 0 saturated heterocycles. The zero-order valence-electron chi connectivity index (χ0n) is 15.7. The number of rotatable bonds is 7. The van der Waals surface area contributed by atoms with Gasteiger partial charge in [-0.25, -0.2) is 14.6 Å². The summed E-state index contributed by atoms with van der Waals surface area (Å²) in [5.74, 6) is 0.0976. The highest BCUT2D eigenvalue weighted by Crippen LogP contribution is 2.22. The Morgan fingerprint density at radius 2 is 1.89 bits per heavy atom. The van der Waals surface area contributed by atoms with Gasteiger partial charge in [-0.2, -0.15) is 0 Å². The summed E-state index contributed by atoms with van der Waals surface area (Å²) >= 11 is 1.54. The first kappa shape index (κ1) is 19.6. The van der Waals surface area contributed by atoms with Crippen LogP contribution in [0.25, 0.3) is 0 Å². The number of carbonyl (C=O) groups excluding carboxylic acids is 2. The van der Waals surface area contributed by atoms with Crippen LogP contribution < -0.4 is 4.74 Å². The first-order chi connectivity index (χ1) is 13.5. The Labute approximate surface area is 165 Å². The summed E-state index contributed by atoms with van der Waals surface area (Å²) in [5.41, 5.74) is 1.40. The van der Waals surface area contributed by atoms with Crippen LogP contribution in [0.15, 0.2) is 40.1 Å². The molecule has 3 aromatic rings. The molecular weight excluding hydrogens is 382 g/mol. The van der Waals surface area contributed by atoms with E-state index in [1.165, 1.54) is 24.5 Å². The predicted octanol–water partition coefficient (Wildman–Crippen LogP) is 4.08. The maximum absolute atomic E-state index is 12.5. The molecule has 0 spiro atoms. The van der Waals surface area contributed by atoms with Crippen molar-refractivity contribution in [2.75, 3.05) is 7.11 Å². The Hall–Kier alpha value is -3.13. The molecule has 0 radical (unpaired) electrons. The molecule has 28 heavy (non-hydrogen) atoms. The van der Waals surface area contributed by atoms with Gasteiger partial charge in [0.05, 0.1) is 17.8 Å². The number of esters is 2. The van der Waals surface area contributed by atoms with Crippen LogP contribution in [0.1, 0.15) is 42.9 Å².